The molecule has 1 saturated heterocycles. The Morgan fingerprint density at radius 1 is 1.46 bits per heavy atom. The number of amides is 1. The highest BCUT2D eigenvalue weighted by molar-refractivity contribution is 7.92. The summed E-state index contributed by atoms with van der Waals surface area (Å²) in [5.74, 6) is -0.196. The Kier molecular flexibility index (Phi) is 6.48. The van der Waals surface area contributed by atoms with Crippen molar-refractivity contribution in [3.8, 4) is 0 Å². The number of anilines is 1. The number of nitrogens with zero attached hydrogens (tertiary/aromatic N) is 1. The number of carbonyl (C=O) groups is 1. The molecule has 1 aliphatic rings. The Labute approximate surface area is 148 Å². The van der Waals surface area contributed by atoms with Crippen LogP contribution in [0.3, 0.4) is 0 Å². The first kappa shape index (κ1) is 19.0. The Bertz CT molecular complexity index is 687. The molecule has 1 aromatic carbocycles. The van der Waals surface area contributed by atoms with Crippen LogP contribution in [0.4, 0.5) is 5.69 Å². The summed E-state index contributed by atoms with van der Waals surface area (Å²) in [7, 11) is -3.51. The van der Waals surface area contributed by atoms with E-state index in [1.807, 2.05) is 0 Å². The molecule has 1 N–H and O–H groups in total. The lowest BCUT2D eigenvalue weighted by Gasteiger charge is -2.24. The largest absolute Gasteiger partial charge is 0.376 e. The summed E-state index contributed by atoms with van der Waals surface area (Å²) < 4.78 is 30.9. The number of hydrogen-bond acceptors (Lipinski definition) is 4. The van der Waals surface area contributed by atoms with E-state index in [1.54, 1.807) is 25.1 Å². The van der Waals surface area contributed by atoms with Gasteiger partial charge in [0.15, 0.2) is 0 Å². The molecule has 1 fully saturated rings. The number of aryl methyl sites for hydroxylation is 1. The second-order valence-electron chi connectivity index (χ2n) is 5.96. The molecule has 1 aliphatic heterocycles. The molecule has 0 spiro atoms. The highest BCUT2D eigenvalue weighted by Crippen LogP contribution is 2.26. The smallest absolute Gasteiger partial charge is 0.232 e. The van der Waals surface area contributed by atoms with Gasteiger partial charge in [-0.3, -0.25) is 9.10 Å². The zero-order chi connectivity index (χ0) is 17.7. The number of nitrogens with one attached hydrogen (secondary N) is 1. The molecule has 0 aromatic heterocycles. The van der Waals surface area contributed by atoms with Crippen LogP contribution in [-0.4, -0.2) is 46.4 Å². The van der Waals surface area contributed by atoms with Gasteiger partial charge in [-0.05, 0) is 37.5 Å². The number of hydrogen-bond donors (Lipinski definition) is 1. The molecular formula is C16H23ClN2O4S. The lowest BCUT2D eigenvalue weighted by atomic mass is 10.2. The van der Waals surface area contributed by atoms with Gasteiger partial charge in [0.05, 0.1) is 18.0 Å². The molecule has 2 rings (SSSR count). The minimum Gasteiger partial charge on any atom is -0.376 e. The summed E-state index contributed by atoms with van der Waals surface area (Å²) in [5.41, 5.74) is 1.28. The number of rotatable bonds is 7. The van der Waals surface area contributed by atoms with E-state index >= 15 is 0 Å². The van der Waals surface area contributed by atoms with Crippen LogP contribution in [0.2, 0.25) is 5.02 Å². The highest BCUT2D eigenvalue weighted by Gasteiger charge is 2.21. The Morgan fingerprint density at radius 3 is 2.83 bits per heavy atom. The number of benzene rings is 1. The van der Waals surface area contributed by atoms with Crippen LogP contribution < -0.4 is 9.62 Å². The summed E-state index contributed by atoms with van der Waals surface area (Å²) in [6, 6.07) is 5.06. The molecule has 1 unspecified atom stereocenters. The maximum atomic E-state index is 12.1. The Hall–Kier alpha value is -1.31. The Balaban J connectivity index is 1.99. The third kappa shape index (κ3) is 5.36. The zero-order valence-electron chi connectivity index (χ0n) is 13.9. The van der Waals surface area contributed by atoms with E-state index in [-0.39, 0.29) is 25.0 Å². The van der Waals surface area contributed by atoms with Crippen molar-refractivity contribution in [2.24, 2.45) is 0 Å². The molecule has 1 aromatic rings. The predicted octanol–water partition coefficient (Wildman–Crippen LogP) is 2.10. The van der Waals surface area contributed by atoms with Crippen molar-refractivity contribution in [1.29, 1.82) is 0 Å². The normalized spacial score (nSPS) is 17.7. The second-order valence-corrected chi connectivity index (χ2v) is 8.30. The lowest BCUT2D eigenvalue weighted by molar-refractivity contribution is -0.121. The predicted molar refractivity (Wildman–Crippen MR) is 95.0 cm³/mol. The van der Waals surface area contributed by atoms with Gasteiger partial charge in [-0.2, -0.15) is 0 Å². The number of ether oxygens (including phenoxy) is 1. The Morgan fingerprint density at radius 2 is 2.21 bits per heavy atom. The SMILES string of the molecule is Cc1ccc(Cl)cc1N(CCC(=O)NCC1CCCO1)S(C)(=O)=O. The van der Waals surface area contributed by atoms with Gasteiger partial charge in [-0.25, -0.2) is 8.42 Å². The van der Waals surface area contributed by atoms with E-state index in [0.717, 1.165) is 31.3 Å². The molecular weight excluding hydrogens is 352 g/mol. The third-order valence-corrected chi connectivity index (χ3v) is 5.35. The van der Waals surface area contributed by atoms with Crippen LogP contribution in [0, 0.1) is 6.92 Å². The van der Waals surface area contributed by atoms with Crippen LogP contribution in [0.5, 0.6) is 0 Å². The second kappa shape index (κ2) is 8.18. The van der Waals surface area contributed by atoms with Gasteiger partial charge < -0.3 is 10.1 Å². The summed E-state index contributed by atoms with van der Waals surface area (Å²) in [5, 5.41) is 3.25. The third-order valence-electron chi connectivity index (χ3n) is 3.93. The van der Waals surface area contributed by atoms with Gasteiger partial charge in [0, 0.05) is 31.1 Å². The lowest BCUT2D eigenvalue weighted by Crippen LogP contribution is -2.37. The van der Waals surface area contributed by atoms with Crippen molar-refractivity contribution in [2.45, 2.75) is 32.3 Å². The molecule has 24 heavy (non-hydrogen) atoms. The average molecular weight is 375 g/mol. The van der Waals surface area contributed by atoms with Crippen molar-refractivity contribution >= 4 is 33.2 Å². The van der Waals surface area contributed by atoms with Gasteiger partial charge in [0.2, 0.25) is 15.9 Å². The van der Waals surface area contributed by atoms with Crippen LogP contribution in [-0.2, 0) is 19.6 Å². The molecule has 1 amide bonds. The van der Waals surface area contributed by atoms with Gasteiger partial charge >= 0.3 is 0 Å². The standard InChI is InChI=1S/C16H23ClN2O4S/c1-12-5-6-13(17)10-15(12)19(24(2,21)22)8-7-16(20)18-11-14-4-3-9-23-14/h5-6,10,14H,3-4,7-9,11H2,1-2H3,(H,18,20). The fourth-order valence-corrected chi connectivity index (χ4v) is 3.78. The summed E-state index contributed by atoms with van der Waals surface area (Å²) >= 11 is 5.98. The molecule has 0 bridgehead atoms. The highest BCUT2D eigenvalue weighted by atomic mass is 35.5. The first-order valence-electron chi connectivity index (χ1n) is 7.89. The summed E-state index contributed by atoms with van der Waals surface area (Å²) in [6.07, 6.45) is 3.21. The van der Waals surface area contributed by atoms with Crippen molar-refractivity contribution in [1.82, 2.24) is 5.32 Å². The van der Waals surface area contributed by atoms with E-state index in [0.29, 0.717) is 17.3 Å². The first-order valence-corrected chi connectivity index (χ1v) is 10.1. The maximum Gasteiger partial charge on any atom is 0.232 e. The van der Waals surface area contributed by atoms with Crippen molar-refractivity contribution in [2.75, 3.05) is 30.3 Å². The van der Waals surface area contributed by atoms with Crippen molar-refractivity contribution < 1.29 is 17.9 Å². The number of sulfonamides is 1. The van der Waals surface area contributed by atoms with Crippen LogP contribution in [0.25, 0.3) is 0 Å². The van der Waals surface area contributed by atoms with Gasteiger partial charge in [0.25, 0.3) is 0 Å². The molecule has 8 heteroatoms. The van der Waals surface area contributed by atoms with Crippen molar-refractivity contribution in [3.63, 3.8) is 0 Å². The van der Waals surface area contributed by atoms with E-state index in [1.165, 1.54) is 4.31 Å². The monoisotopic (exact) mass is 374 g/mol. The van der Waals surface area contributed by atoms with Gasteiger partial charge in [0.1, 0.15) is 0 Å². The molecule has 134 valence electrons. The van der Waals surface area contributed by atoms with Crippen molar-refractivity contribution in [3.05, 3.63) is 28.8 Å². The van der Waals surface area contributed by atoms with Gasteiger partial charge in [-0.15, -0.1) is 0 Å². The zero-order valence-corrected chi connectivity index (χ0v) is 15.5. The maximum absolute atomic E-state index is 12.1. The minimum absolute atomic E-state index is 0.0649. The van der Waals surface area contributed by atoms with Gasteiger partial charge in [-0.1, -0.05) is 17.7 Å². The molecule has 6 nitrogen and oxygen atoms in total. The quantitative estimate of drug-likeness (QED) is 0.793. The van der Waals surface area contributed by atoms with Crippen LogP contribution >= 0.6 is 11.6 Å². The molecule has 1 atom stereocenters. The summed E-state index contributed by atoms with van der Waals surface area (Å²) in [6.45, 7) is 3.07. The van der Waals surface area contributed by atoms with E-state index in [4.69, 9.17) is 16.3 Å². The van der Waals surface area contributed by atoms with E-state index in [9.17, 15) is 13.2 Å². The average Bonchev–Trinajstić information content (AvgIpc) is 3.01. The fraction of sp³-hybridized carbons (Fsp3) is 0.562. The topological polar surface area (TPSA) is 75.7 Å². The van der Waals surface area contributed by atoms with E-state index in [2.05, 4.69) is 5.32 Å². The van der Waals surface area contributed by atoms with Crippen LogP contribution in [0.15, 0.2) is 18.2 Å². The van der Waals surface area contributed by atoms with Crippen LogP contribution in [0.1, 0.15) is 24.8 Å². The molecule has 0 radical (unpaired) electrons. The molecule has 0 saturated carbocycles. The number of halogens is 1. The first-order chi connectivity index (χ1) is 11.3. The van der Waals surface area contributed by atoms with E-state index < -0.39 is 10.0 Å². The number of carbonyl (C=O) groups excluding carboxylic acids is 1. The molecule has 0 aliphatic carbocycles. The fourth-order valence-electron chi connectivity index (χ4n) is 2.64. The molecule has 1 heterocycles. The summed E-state index contributed by atoms with van der Waals surface area (Å²) in [4.78, 5) is 12.0. The minimum atomic E-state index is -3.51.